The van der Waals surface area contributed by atoms with Crippen molar-refractivity contribution in [1.82, 2.24) is 20.0 Å². The lowest BCUT2D eigenvalue weighted by Gasteiger charge is -2.39. The number of nitrogens with one attached hydrogen (secondary N) is 1. The first-order valence-corrected chi connectivity index (χ1v) is 15.1. The Kier molecular flexibility index (Phi) is 13.5. The molecule has 1 saturated heterocycles. The van der Waals surface area contributed by atoms with Gasteiger partial charge in [0, 0.05) is 31.8 Å². The van der Waals surface area contributed by atoms with Crippen molar-refractivity contribution in [3.63, 3.8) is 0 Å². The van der Waals surface area contributed by atoms with Crippen molar-refractivity contribution in [2.45, 2.75) is 105 Å². The molecule has 8 heteroatoms. The normalized spacial score (nSPS) is 17.7. The third kappa shape index (κ3) is 9.71. The zero-order valence-corrected chi connectivity index (χ0v) is 26.4. The fourth-order valence-electron chi connectivity index (χ4n) is 5.55. The molecule has 1 aliphatic rings. The largest absolute Gasteiger partial charge is 0.343 e. The van der Waals surface area contributed by atoms with Crippen LogP contribution in [-0.4, -0.2) is 76.7 Å². The third-order valence-corrected chi connectivity index (χ3v) is 7.97. The SMILES string of the molecule is C/C(=C\[C@H](C(C)C)N(C)C(=O)C(NC(=O)C1CCCCN1C(C)C)C(C)C)C(=O)N(CCC#N)Cc1ccccc1. The summed E-state index contributed by atoms with van der Waals surface area (Å²) in [5.41, 5.74) is 1.51. The second kappa shape index (κ2) is 16.3. The third-order valence-electron chi connectivity index (χ3n) is 7.97. The van der Waals surface area contributed by atoms with Crippen molar-refractivity contribution < 1.29 is 14.4 Å². The van der Waals surface area contributed by atoms with Crippen LogP contribution in [0, 0.1) is 23.2 Å². The molecule has 2 rings (SSSR count). The first kappa shape index (κ1) is 34.0. The van der Waals surface area contributed by atoms with E-state index in [-0.39, 0.29) is 54.1 Å². The number of carbonyl (C=O) groups is 3. The van der Waals surface area contributed by atoms with Gasteiger partial charge in [0.05, 0.1) is 24.6 Å². The van der Waals surface area contributed by atoms with Gasteiger partial charge >= 0.3 is 0 Å². The highest BCUT2D eigenvalue weighted by Gasteiger charge is 2.36. The topological polar surface area (TPSA) is 96.8 Å². The van der Waals surface area contributed by atoms with E-state index in [4.69, 9.17) is 5.26 Å². The van der Waals surface area contributed by atoms with Gasteiger partial charge in [0.25, 0.3) is 0 Å². The molecule has 1 aromatic carbocycles. The number of nitrogens with zero attached hydrogens (tertiary/aromatic N) is 4. The van der Waals surface area contributed by atoms with Gasteiger partial charge in [0.2, 0.25) is 17.7 Å². The first-order chi connectivity index (χ1) is 19.4. The summed E-state index contributed by atoms with van der Waals surface area (Å²) in [6, 6.07) is 10.9. The van der Waals surface area contributed by atoms with Crippen molar-refractivity contribution in [3.8, 4) is 6.07 Å². The molecule has 0 saturated carbocycles. The maximum absolute atomic E-state index is 13.9. The van der Waals surface area contributed by atoms with E-state index in [1.807, 2.05) is 64.1 Å². The Morgan fingerprint density at radius 1 is 1.07 bits per heavy atom. The van der Waals surface area contributed by atoms with Gasteiger partial charge in [-0.2, -0.15) is 5.26 Å². The molecule has 0 radical (unpaired) electrons. The summed E-state index contributed by atoms with van der Waals surface area (Å²) in [5.74, 6) is -0.476. The average Bonchev–Trinajstić information content (AvgIpc) is 2.95. The molecule has 1 heterocycles. The molecule has 0 aromatic heterocycles. The van der Waals surface area contributed by atoms with Crippen LogP contribution in [0.1, 0.15) is 79.7 Å². The molecule has 0 spiro atoms. The maximum Gasteiger partial charge on any atom is 0.249 e. The highest BCUT2D eigenvalue weighted by Crippen LogP contribution is 2.22. The van der Waals surface area contributed by atoms with Gasteiger partial charge in [-0.1, -0.05) is 70.5 Å². The zero-order valence-electron chi connectivity index (χ0n) is 26.4. The highest BCUT2D eigenvalue weighted by molar-refractivity contribution is 5.93. The lowest BCUT2D eigenvalue weighted by Crippen LogP contribution is -2.58. The molecule has 8 nitrogen and oxygen atoms in total. The molecular weight excluding hydrogens is 514 g/mol. The molecular formula is C33H51N5O3. The minimum absolute atomic E-state index is 0.0340. The summed E-state index contributed by atoms with van der Waals surface area (Å²) in [4.78, 5) is 46.4. The second-order valence-electron chi connectivity index (χ2n) is 12.2. The molecule has 1 N–H and O–H groups in total. The van der Waals surface area contributed by atoms with Crippen LogP contribution in [0.5, 0.6) is 0 Å². The van der Waals surface area contributed by atoms with Crippen LogP contribution in [0.3, 0.4) is 0 Å². The molecule has 0 aliphatic carbocycles. The van der Waals surface area contributed by atoms with Crippen molar-refractivity contribution in [1.29, 1.82) is 5.26 Å². The number of rotatable bonds is 13. The fraction of sp³-hybridized carbons (Fsp3) is 0.636. The van der Waals surface area contributed by atoms with Gasteiger partial charge in [-0.25, -0.2) is 0 Å². The molecule has 3 atom stereocenters. The lowest BCUT2D eigenvalue weighted by molar-refractivity contribution is -0.140. The van der Waals surface area contributed by atoms with E-state index in [9.17, 15) is 14.4 Å². The van der Waals surface area contributed by atoms with E-state index in [1.165, 1.54) is 0 Å². The van der Waals surface area contributed by atoms with E-state index < -0.39 is 6.04 Å². The van der Waals surface area contributed by atoms with Gasteiger partial charge < -0.3 is 15.1 Å². The summed E-state index contributed by atoms with van der Waals surface area (Å²) < 4.78 is 0. The number of carbonyl (C=O) groups excluding carboxylic acids is 3. The Balaban J connectivity index is 2.25. The van der Waals surface area contributed by atoms with Crippen molar-refractivity contribution in [3.05, 3.63) is 47.5 Å². The van der Waals surface area contributed by atoms with Crippen LogP contribution in [0.25, 0.3) is 0 Å². The summed E-state index contributed by atoms with van der Waals surface area (Å²) >= 11 is 0. The number of piperidine rings is 1. The van der Waals surface area contributed by atoms with Crippen molar-refractivity contribution >= 4 is 17.7 Å². The van der Waals surface area contributed by atoms with Crippen LogP contribution >= 0.6 is 0 Å². The Morgan fingerprint density at radius 2 is 1.73 bits per heavy atom. The molecule has 1 aromatic rings. The Labute approximate surface area is 247 Å². The standard InChI is InChI=1S/C33H51N5O3/c1-23(2)29(21-26(7)32(40)37(19-14-18-34)22-27-15-10-9-11-16-27)36(8)33(41)30(24(3)4)35-31(39)28-17-12-13-20-38(28)25(5)6/h9-11,15-16,21,23-25,28-30H,12-14,17,19-20,22H2,1-8H3,(H,35,39)/b26-21+/t28?,29-,30?/m1/s1. The summed E-state index contributed by atoms with van der Waals surface area (Å²) in [6.07, 6.45) is 4.98. The molecule has 1 aliphatic heterocycles. The van der Waals surface area contributed by atoms with Crippen LogP contribution in [0.4, 0.5) is 0 Å². The Hall–Kier alpha value is -3.18. The van der Waals surface area contributed by atoms with Gasteiger partial charge in [-0.15, -0.1) is 0 Å². The van der Waals surface area contributed by atoms with Gasteiger partial charge in [-0.3, -0.25) is 19.3 Å². The fourth-order valence-corrected chi connectivity index (χ4v) is 5.55. The number of nitriles is 1. The van der Waals surface area contributed by atoms with Crippen LogP contribution in [0.2, 0.25) is 0 Å². The highest BCUT2D eigenvalue weighted by atomic mass is 16.2. The Bertz CT molecular complexity index is 1080. The lowest BCUT2D eigenvalue weighted by atomic mass is 9.95. The molecule has 0 bridgehead atoms. The van der Waals surface area contributed by atoms with Gasteiger partial charge in [-0.05, 0) is 57.6 Å². The van der Waals surface area contributed by atoms with Crippen LogP contribution in [0.15, 0.2) is 42.0 Å². The maximum atomic E-state index is 13.9. The van der Waals surface area contributed by atoms with Crippen LogP contribution < -0.4 is 5.32 Å². The van der Waals surface area contributed by atoms with E-state index in [0.29, 0.717) is 18.7 Å². The molecule has 1 fully saturated rings. The summed E-state index contributed by atoms with van der Waals surface area (Å²) in [5, 5.41) is 12.3. The number of hydrogen-bond acceptors (Lipinski definition) is 5. The van der Waals surface area contributed by atoms with Crippen LogP contribution in [-0.2, 0) is 20.9 Å². The van der Waals surface area contributed by atoms with E-state index >= 15 is 0 Å². The van der Waals surface area contributed by atoms with Crippen molar-refractivity contribution in [2.24, 2.45) is 11.8 Å². The molecule has 2 unspecified atom stereocenters. The Morgan fingerprint density at radius 3 is 2.29 bits per heavy atom. The smallest absolute Gasteiger partial charge is 0.249 e. The molecule has 41 heavy (non-hydrogen) atoms. The number of likely N-dealkylation sites (N-methyl/N-ethyl adjacent to an activating group) is 1. The van der Waals surface area contributed by atoms with Gasteiger partial charge in [0.15, 0.2) is 0 Å². The number of likely N-dealkylation sites (tertiary alicyclic amines) is 1. The second-order valence-corrected chi connectivity index (χ2v) is 12.2. The van der Waals surface area contributed by atoms with E-state index in [2.05, 4.69) is 30.1 Å². The van der Waals surface area contributed by atoms with Gasteiger partial charge in [0.1, 0.15) is 6.04 Å². The summed E-state index contributed by atoms with van der Waals surface area (Å²) in [6.45, 7) is 15.5. The minimum Gasteiger partial charge on any atom is -0.343 e. The van der Waals surface area contributed by atoms with E-state index in [0.717, 1.165) is 31.4 Å². The van der Waals surface area contributed by atoms with E-state index in [1.54, 1.807) is 23.8 Å². The minimum atomic E-state index is -0.667. The predicted molar refractivity (Wildman–Crippen MR) is 163 cm³/mol. The number of benzene rings is 1. The average molecular weight is 566 g/mol. The number of hydrogen-bond donors (Lipinski definition) is 1. The van der Waals surface area contributed by atoms with Crippen molar-refractivity contribution in [2.75, 3.05) is 20.1 Å². The quantitative estimate of drug-likeness (QED) is 0.348. The summed E-state index contributed by atoms with van der Waals surface area (Å²) in [7, 11) is 1.75. The first-order valence-electron chi connectivity index (χ1n) is 15.1. The monoisotopic (exact) mass is 565 g/mol. The molecule has 226 valence electrons. The predicted octanol–water partition coefficient (Wildman–Crippen LogP) is 4.76. The zero-order chi connectivity index (χ0) is 30.7. The number of amides is 3. The molecule has 3 amide bonds.